The highest BCUT2D eigenvalue weighted by Gasteiger charge is 2.26. The van der Waals surface area contributed by atoms with E-state index in [0.29, 0.717) is 39.6 Å². The second-order valence-electron chi connectivity index (χ2n) is 6.80. The Kier molecular flexibility index (Phi) is 4.49. The third-order valence-corrected chi connectivity index (χ3v) is 4.72. The molecule has 1 aliphatic rings. The minimum Gasteiger partial charge on any atom is -0.454 e. The fourth-order valence-electron chi connectivity index (χ4n) is 3.18. The summed E-state index contributed by atoms with van der Waals surface area (Å²) in [6, 6.07) is 19.0. The van der Waals surface area contributed by atoms with Crippen LogP contribution in [-0.4, -0.2) is 18.9 Å². The van der Waals surface area contributed by atoms with Crippen LogP contribution in [0.25, 0.3) is 0 Å². The molecule has 0 saturated carbocycles. The second kappa shape index (κ2) is 7.13. The maximum atomic E-state index is 13.0. The standard InChI is InChI=1S/C23H17N3O3/c1-14-6-8-21-19(10-14)26(2)23(28)18-12-17(7-9-20(18)29-21)25-22(27)16-5-3-4-15(11-16)13-24/h3-12H,1-2H3,(H,25,27). The van der Waals surface area contributed by atoms with E-state index in [1.807, 2.05) is 31.2 Å². The summed E-state index contributed by atoms with van der Waals surface area (Å²) in [7, 11) is 1.69. The Labute approximate surface area is 168 Å². The SMILES string of the molecule is Cc1ccc2c(c1)N(C)C(=O)c1cc(NC(=O)c3cccc(C#N)c3)ccc1O2. The fraction of sp³-hybridized carbons (Fsp3) is 0.0870. The van der Waals surface area contributed by atoms with Crippen molar-refractivity contribution in [3.63, 3.8) is 0 Å². The van der Waals surface area contributed by atoms with Gasteiger partial charge in [0, 0.05) is 18.3 Å². The molecule has 1 N–H and O–H groups in total. The lowest BCUT2D eigenvalue weighted by molar-refractivity contribution is 0.0990. The predicted octanol–water partition coefficient (Wildman–Crippen LogP) is 4.50. The number of nitriles is 1. The number of carbonyl (C=O) groups is 2. The maximum Gasteiger partial charge on any atom is 0.261 e. The summed E-state index contributed by atoms with van der Waals surface area (Å²) in [4.78, 5) is 27.1. The summed E-state index contributed by atoms with van der Waals surface area (Å²) >= 11 is 0. The second-order valence-corrected chi connectivity index (χ2v) is 6.80. The van der Waals surface area contributed by atoms with Gasteiger partial charge in [-0.05, 0) is 61.0 Å². The third-order valence-electron chi connectivity index (χ3n) is 4.72. The molecule has 3 aromatic carbocycles. The molecule has 0 radical (unpaired) electrons. The zero-order valence-electron chi connectivity index (χ0n) is 15.9. The Morgan fingerprint density at radius 1 is 1.07 bits per heavy atom. The average molecular weight is 383 g/mol. The number of hydrogen-bond donors (Lipinski definition) is 1. The number of aryl methyl sites for hydroxylation is 1. The molecule has 0 aliphatic carbocycles. The van der Waals surface area contributed by atoms with Gasteiger partial charge in [0.05, 0.1) is 22.9 Å². The number of fused-ring (bicyclic) bond motifs is 2. The predicted molar refractivity (Wildman–Crippen MR) is 110 cm³/mol. The highest BCUT2D eigenvalue weighted by Crippen LogP contribution is 2.39. The first kappa shape index (κ1) is 18.3. The number of nitrogens with zero attached hydrogens (tertiary/aromatic N) is 2. The van der Waals surface area contributed by atoms with Gasteiger partial charge in [-0.1, -0.05) is 12.1 Å². The van der Waals surface area contributed by atoms with Crippen LogP contribution in [0.15, 0.2) is 60.7 Å². The molecule has 1 aliphatic heterocycles. The molecule has 0 saturated heterocycles. The van der Waals surface area contributed by atoms with Gasteiger partial charge in [0.1, 0.15) is 5.75 Å². The van der Waals surface area contributed by atoms with E-state index >= 15 is 0 Å². The Bertz CT molecular complexity index is 1190. The normalized spacial score (nSPS) is 12.2. The molecule has 0 spiro atoms. The van der Waals surface area contributed by atoms with Crippen LogP contribution in [0.1, 0.15) is 31.8 Å². The summed E-state index contributed by atoms with van der Waals surface area (Å²) < 4.78 is 5.96. The summed E-state index contributed by atoms with van der Waals surface area (Å²) in [6.07, 6.45) is 0. The highest BCUT2D eigenvalue weighted by molar-refractivity contribution is 6.11. The summed E-state index contributed by atoms with van der Waals surface area (Å²) in [5, 5.41) is 11.8. The van der Waals surface area contributed by atoms with Crippen molar-refractivity contribution in [2.75, 3.05) is 17.3 Å². The highest BCUT2D eigenvalue weighted by atomic mass is 16.5. The molecule has 0 fully saturated rings. The Balaban J connectivity index is 1.66. The van der Waals surface area contributed by atoms with Gasteiger partial charge in [0.15, 0.2) is 5.75 Å². The van der Waals surface area contributed by atoms with Crippen molar-refractivity contribution in [1.29, 1.82) is 5.26 Å². The van der Waals surface area contributed by atoms with Crippen molar-refractivity contribution in [2.45, 2.75) is 6.92 Å². The van der Waals surface area contributed by atoms with Gasteiger partial charge >= 0.3 is 0 Å². The molecule has 6 heteroatoms. The Hall–Kier alpha value is -4.11. The third kappa shape index (κ3) is 3.42. The van der Waals surface area contributed by atoms with Crippen molar-refractivity contribution in [3.8, 4) is 17.6 Å². The molecule has 6 nitrogen and oxygen atoms in total. The van der Waals surface area contributed by atoms with Crippen LogP contribution in [0.3, 0.4) is 0 Å². The van der Waals surface area contributed by atoms with Gasteiger partial charge in [-0.2, -0.15) is 5.26 Å². The first-order valence-electron chi connectivity index (χ1n) is 8.98. The number of carbonyl (C=O) groups excluding carboxylic acids is 2. The van der Waals surface area contributed by atoms with Gasteiger partial charge in [0.2, 0.25) is 0 Å². The molecule has 1 heterocycles. The number of nitrogens with one attached hydrogen (secondary N) is 1. The van der Waals surface area contributed by atoms with E-state index in [9.17, 15) is 9.59 Å². The van der Waals surface area contributed by atoms with Crippen LogP contribution in [-0.2, 0) is 0 Å². The summed E-state index contributed by atoms with van der Waals surface area (Å²) in [6.45, 7) is 1.95. The van der Waals surface area contributed by atoms with Crippen LogP contribution < -0.4 is 15.0 Å². The van der Waals surface area contributed by atoms with E-state index in [2.05, 4.69) is 5.32 Å². The van der Waals surface area contributed by atoms with Gasteiger partial charge in [-0.25, -0.2) is 0 Å². The van der Waals surface area contributed by atoms with E-state index in [1.165, 1.54) is 11.0 Å². The number of ether oxygens (including phenoxy) is 1. The zero-order chi connectivity index (χ0) is 20.5. The minimum atomic E-state index is -0.365. The lowest BCUT2D eigenvalue weighted by atomic mass is 10.1. The van der Waals surface area contributed by atoms with Crippen molar-refractivity contribution >= 4 is 23.2 Å². The minimum absolute atomic E-state index is 0.230. The first-order valence-corrected chi connectivity index (χ1v) is 8.98. The molecular formula is C23H17N3O3. The summed E-state index contributed by atoms with van der Waals surface area (Å²) in [5.41, 5.74) is 3.28. The number of amides is 2. The Morgan fingerprint density at radius 3 is 2.66 bits per heavy atom. The molecule has 3 aromatic rings. The van der Waals surface area contributed by atoms with Gasteiger partial charge < -0.3 is 15.0 Å². The average Bonchev–Trinajstić information content (AvgIpc) is 2.83. The first-order chi connectivity index (χ1) is 14.0. The van der Waals surface area contributed by atoms with Crippen LogP contribution in [0, 0.1) is 18.3 Å². The quantitative estimate of drug-likeness (QED) is 0.706. The lowest BCUT2D eigenvalue weighted by Crippen LogP contribution is -2.25. The molecule has 0 unspecified atom stereocenters. The van der Waals surface area contributed by atoms with Crippen molar-refractivity contribution in [3.05, 3.63) is 82.9 Å². The molecule has 4 rings (SSSR count). The number of rotatable bonds is 2. The molecule has 0 aromatic heterocycles. The fourth-order valence-corrected chi connectivity index (χ4v) is 3.18. The van der Waals surface area contributed by atoms with E-state index in [0.717, 1.165) is 5.56 Å². The molecule has 29 heavy (non-hydrogen) atoms. The number of benzene rings is 3. The van der Waals surface area contributed by atoms with Crippen molar-refractivity contribution < 1.29 is 14.3 Å². The maximum absolute atomic E-state index is 13.0. The molecule has 2 amide bonds. The molecule has 142 valence electrons. The van der Waals surface area contributed by atoms with E-state index in [4.69, 9.17) is 10.00 Å². The molecule has 0 bridgehead atoms. The van der Waals surface area contributed by atoms with E-state index in [-0.39, 0.29) is 11.8 Å². The van der Waals surface area contributed by atoms with Crippen molar-refractivity contribution in [1.82, 2.24) is 0 Å². The monoisotopic (exact) mass is 383 g/mol. The topological polar surface area (TPSA) is 82.4 Å². The van der Waals surface area contributed by atoms with Crippen LogP contribution in [0.2, 0.25) is 0 Å². The smallest absolute Gasteiger partial charge is 0.261 e. The van der Waals surface area contributed by atoms with E-state index in [1.54, 1.807) is 43.4 Å². The van der Waals surface area contributed by atoms with Crippen LogP contribution >= 0.6 is 0 Å². The largest absolute Gasteiger partial charge is 0.454 e. The molecular weight excluding hydrogens is 366 g/mol. The molecule has 0 atom stereocenters. The lowest BCUT2D eigenvalue weighted by Gasteiger charge is -2.16. The van der Waals surface area contributed by atoms with Gasteiger partial charge in [0.25, 0.3) is 11.8 Å². The summed E-state index contributed by atoms with van der Waals surface area (Å²) in [5.74, 6) is 0.424. The number of hydrogen-bond acceptors (Lipinski definition) is 4. The van der Waals surface area contributed by atoms with Gasteiger partial charge in [-0.3, -0.25) is 9.59 Å². The van der Waals surface area contributed by atoms with E-state index < -0.39 is 0 Å². The number of anilines is 2. The van der Waals surface area contributed by atoms with Crippen LogP contribution in [0.5, 0.6) is 11.5 Å². The zero-order valence-corrected chi connectivity index (χ0v) is 15.9. The van der Waals surface area contributed by atoms with Crippen molar-refractivity contribution in [2.24, 2.45) is 0 Å². The van der Waals surface area contributed by atoms with Gasteiger partial charge in [-0.15, -0.1) is 0 Å². The van der Waals surface area contributed by atoms with Crippen LogP contribution in [0.4, 0.5) is 11.4 Å². The Morgan fingerprint density at radius 2 is 1.86 bits per heavy atom.